The van der Waals surface area contributed by atoms with Gasteiger partial charge in [0, 0.05) is 12.2 Å². The minimum Gasteiger partial charge on any atom is -0.294 e. The van der Waals surface area contributed by atoms with Crippen molar-refractivity contribution in [2.75, 3.05) is 5.75 Å². The Morgan fingerprint density at radius 1 is 1.83 bits per heavy atom. The van der Waals surface area contributed by atoms with E-state index in [0.717, 1.165) is 4.34 Å². The maximum Gasteiger partial charge on any atom is 0.234 e. The molecule has 3 N–H and O–H groups in total. The van der Waals surface area contributed by atoms with Crippen LogP contribution in [-0.4, -0.2) is 21.0 Å². The van der Waals surface area contributed by atoms with Gasteiger partial charge in [0.05, 0.1) is 0 Å². The van der Waals surface area contributed by atoms with Gasteiger partial charge >= 0.3 is 0 Å². The summed E-state index contributed by atoms with van der Waals surface area (Å²) in [6.07, 6.45) is 1.90. The van der Waals surface area contributed by atoms with Gasteiger partial charge in [-0.05, 0) is 11.5 Å². The van der Waals surface area contributed by atoms with Crippen LogP contribution in [0.15, 0.2) is 10.7 Å². The fourth-order valence-electron chi connectivity index (χ4n) is 0.530. The topological polar surface area (TPSA) is 80.9 Å². The molecule has 0 aliphatic heterocycles. The Morgan fingerprint density at radius 3 is 3.25 bits per heavy atom. The average Bonchev–Trinajstić information content (AvgIpc) is 2.57. The van der Waals surface area contributed by atoms with Crippen molar-refractivity contribution in [2.24, 2.45) is 5.84 Å². The molecule has 0 unspecified atom stereocenters. The van der Waals surface area contributed by atoms with Crippen molar-refractivity contribution < 1.29 is 4.79 Å². The van der Waals surface area contributed by atoms with Crippen LogP contribution in [0.1, 0.15) is 6.42 Å². The molecule has 0 radical (unpaired) electrons. The molecule has 0 saturated carbocycles. The van der Waals surface area contributed by atoms with E-state index in [9.17, 15) is 4.79 Å². The number of nitrogens with two attached hydrogens (primary N) is 1. The van der Waals surface area contributed by atoms with Crippen LogP contribution in [0, 0.1) is 0 Å². The van der Waals surface area contributed by atoms with Crippen molar-refractivity contribution in [1.29, 1.82) is 0 Å². The zero-order chi connectivity index (χ0) is 8.81. The number of hydrazine groups is 1. The van der Waals surface area contributed by atoms with Gasteiger partial charge in [0.25, 0.3) is 0 Å². The minimum atomic E-state index is -0.160. The molecule has 0 atom stereocenters. The molecular weight excluding hydrogens is 196 g/mol. The first-order chi connectivity index (χ1) is 5.83. The van der Waals surface area contributed by atoms with Crippen LogP contribution < -0.4 is 11.3 Å². The molecule has 1 heterocycles. The number of amides is 1. The number of aromatic nitrogens is 2. The zero-order valence-electron chi connectivity index (χ0n) is 6.19. The summed E-state index contributed by atoms with van der Waals surface area (Å²) in [5.41, 5.74) is 2.06. The Hall–Kier alpha value is -0.660. The summed E-state index contributed by atoms with van der Waals surface area (Å²) >= 11 is 2.82. The van der Waals surface area contributed by atoms with Crippen molar-refractivity contribution >= 4 is 29.2 Å². The second-order valence-corrected chi connectivity index (χ2v) is 4.00. The van der Waals surface area contributed by atoms with Gasteiger partial charge in [0.1, 0.15) is 6.33 Å². The second kappa shape index (κ2) is 5.07. The Kier molecular flexibility index (Phi) is 3.98. The second-order valence-electron chi connectivity index (χ2n) is 1.87. The van der Waals surface area contributed by atoms with E-state index in [0.29, 0.717) is 12.2 Å². The quantitative estimate of drug-likeness (QED) is 0.312. The van der Waals surface area contributed by atoms with Crippen LogP contribution in [0.4, 0.5) is 0 Å². The molecule has 1 aromatic heterocycles. The Balaban J connectivity index is 2.15. The molecular formula is C5H8N4OS2. The van der Waals surface area contributed by atoms with Crippen LogP contribution >= 0.6 is 23.3 Å². The lowest BCUT2D eigenvalue weighted by molar-refractivity contribution is -0.120. The Morgan fingerprint density at radius 2 is 2.67 bits per heavy atom. The molecule has 1 rings (SSSR count). The lowest BCUT2D eigenvalue weighted by Crippen LogP contribution is -2.30. The van der Waals surface area contributed by atoms with Gasteiger partial charge in [-0.2, -0.15) is 4.37 Å². The molecule has 0 aromatic carbocycles. The lowest BCUT2D eigenvalue weighted by atomic mass is 10.5. The zero-order valence-corrected chi connectivity index (χ0v) is 7.82. The number of rotatable bonds is 4. The molecule has 0 bridgehead atoms. The number of hydrogen-bond donors (Lipinski definition) is 2. The van der Waals surface area contributed by atoms with E-state index in [1.165, 1.54) is 29.6 Å². The van der Waals surface area contributed by atoms with E-state index in [-0.39, 0.29) is 5.91 Å². The highest BCUT2D eigenvalue weighted by atomic mass is 32.2. The molecule has 0 saturated heterocycles. The van der Waals surface area contributed by atoms with E-state index in [4.69, 9.17) is 5.84 Å². The number of carbonyl (C=O) groups is 1. The SMILES string of the molecule is NNC(=O)CCSc1ncns1. The van der Waals surface area contributed by atoms with Crippen LogP contribution in [0.5, 0.6) is 0 Å². The van der Waals surface area contributed by atoms with Gasteiger partial charge in [-0.25, -0.2) is 10.8 Å². The molecule has 5 nitrogen and oxygen atoms in total. The summed E-state index contributed by atoms with van der Waals surface area (Å²) in [5.74, 6) is 5.42. The maximum absolute atomic E-state index is 10.7. The number of carbonyl (C=O) groups excluding carboxylic acids is 1. The van der Waals surface area contributed by atoms with Gasteiger partial charge in [-0.3, -0.25) is 10.2 Å². The van der Waals surface area contributed by atoms with Gasteiger partial charge < -0.3 is 0 Å². The van der Waals surface area contributed by atoms with Gasteiger partial charge in [-0.1, -0.05) is 11.8 Å². The molecule has 7 heteroatoms. The third kappa shape index (κ3) is 3.16. The van der Waals surface area contributed by atoms with Crippen molar-refractivity contribution in [3.63, 3.8) is 0 Å². The summed E-state index contributed by atoms with van der Waals surface area (Å²) in [6, 6.07) is 0. The summed E-state index contributed by atoms with van der Waals surface area (Å²) in [7, 11) is 0. The van der Waals surface area contributed by atoms with E-state index >= 15 is 0 Å². The number of nitrogens with zero attached hydrogens (tertiary/aromatic N) is 2. The fraction of sp³-hybridized carbons (Fsp3) is 0.400. The first-order valence-corrected chi connectivity index (χ1v) is 4.97. The molecule has 12 heavy (non-hydrogen) atoms. The third-order valence-corrected chi connectivity index (χ3v) is 2.86. The smallest absolute Gasteiger partial charge is 0.234 e. The molecule has 1 aromatic rings. The monoisotopic (exact) mass is 204 g/mol. The first kappa shape index (κ1) is 9.43. The van der Waals surface area contributed by atoms with Gasteiger partial charge in [0.2, 0.25) is 5.91 Å². The molecule has 1 amide bonds. The van der Waals surface area contributed by atoms with Gasteiger partial charge in [0.15, 0.2) is 4.34 Å². The van der Waals surface area contributed by atoms with E-state index in [1.54, 1.807) is 0 Å². The predicted molar refractivity (Wildman–Crippen MR) is 47.6 cm³/mol. The molecule has 0 fully saturated rings. The van der Waals surface area contributed by atoms with Crippen LogP contribution in [-0.2, 0) is 4.79 Å². The van der Waals surface area contributed by atoms with Crippen LogP contribution in [0.3, 0.4) is 0 Å². The number of nitrogens with one attached hydrogen (secondary N) is 1. The van der Waals surface area contributed by atoms with Crippen molar-refractivity contribution in [3.05, 3.63) is 6.33 Å². The fourth-order valence-corrected chi connectivity index (χ4v) is 1.98. The minimum absolute atomic E-state index is 0.160. The van der Waals surface area contributed by atoms with Crippen molar-refractivity contribution in [2.45, 2.75) is 10.8 Å². The largest absolute Gasteiger partial charge is 0.294 e. The summed E-state index contributed by atoms with van der Waals surface area (Å²) in [6.45, 7) is 0. The average molecular weight is 204 g/mol. The van der Waals surface area contributed by atoms with E-state index in [2.05, 4.69) is 14.8 Å². The summed E-state index contributed by atoms with van der Waals surface area (Å²) < 4.78 is 4.70. The van der Waals surface area contributed by atoms with Gasteiger partial charge in [-0.15, -0.1) is 0 Å². The maximum atomic E-state index is 10.7. The molecule has 0 spiro atoms. The molecule has 0 aliphatic rings. The summed E-state index contributed by atoms with van der Waals surface area (Å²) in [4.78, 5) is 14.6. The first-order valence-electron chi connectivity index (χ1n) is 3.22. The number of thioether (sulfide) groups is 1. The van der Waals surface area contributed by atoms with Crippen molar-refractivity contribution in [1.82, 2.24) is 14.8 Å². The predicted octanol–water partition coefficient (Wildman–Crippen LogP) is 0.0102. The third-order valence-electron chi connectivity index (χ3n) is 1.06. The highest BCUT2D eigenvalue weighted by Gasteiger charge is 2.00. The highest BCUT2D eigenvalue weighted by molar-refractivity contribution is 8.00. The van der Waals surface area contributed by atoms with Crippen molar-refractivity contribution in [3.8, 4) is 0 Å². The molecule has 66 valence electrons. The highest BCUT2D eigenvalue weighted by Crippen LogP contribution is 2.18. The number of hydrogen-bond acceptors (Lipinski definition) is 6. The normalized spacial score (nSPS) is 9.75. The molecule has 0 aliphatic carbocycles. The standard InChI is InChI=1S/C5H8N4OS2/c6-9-4(10)1-2-11-5-7-3-8-12-5/h3H,1-2,6H2,(H,9,10). The summed E-state index contributed by atoms with van der Waals surface area (Å²) in [5, 5.41) is 0. The Bertz CT molecular complexity index is 238. The Labute approximate surface area is 77.9 Å². The van der Waals surface area contributed by atoms with E-state index in [1.807, 2.05) is 0 Å². The van der Waals surface area contributed by atoms with Crippen LogP contribution in [0.25, 0.3) is 0 Å². The van der Waals surface area contributed by atoms with E-state index < -0.39 is 0 Å². The van der Waals surface area contributed by atoms with Crippen LogP contribution in [0.2, 0.25) is 0 Å². The lowest BCUT2D eigenvalue weighted by Gasteiger charge is -1.96.